The second-order valence-electron chi connectivity index (χ2n) is 3.37. The molecule has 1 aliphatic carbocycles. The van der Waals surface area contributed by atoms with Crippen molar-refractivity contribution in [1.29, 1.82) is 0 Å². The molecule has 0 spiro atoms. The highest BCUT2D eigenvalue weighted by Crippen LogP contribution is 2.17. The molecule has 0 heterocycles. The fourth-order valence-corrected chi connectivity index (χ4v) is 1.94. The summed E-state index contributed by atoms with van der Waals surface area (Å²) in [6, 6.07) is 0.227. The molecular weight excluding hydrogens is 190 g/mol. The Morgan fingerprint density at radius 1 is 1.38 bits per heavy atom. The third-order valence-electron chi connectivity index (χ3n) is 2.22. The zero-order valence-electron chi connectivity index (χ0n) is 7.49. The van der Waals surface area contributed by atoms with Gasteiger partial charge in [0, 0.05) is 6.04 Å². The SMILES string of the molecule is O=C(CS(=O)O)NC1CCCCC1. The van der Waals surface area contributed by atoms with Crippen LogP contribution in [0.15, 0.2) is 0 Å². The Kier molecular flexibility index (Phi) is 4.38. The Morgan fingerprint density at radius 2 is 2.00 bits per heavy atom. The number of hydrogen-bond acceptors (Lipinski definition) is 2. The first-order valence-corrected chi connectivity index (χ1v) is 5.83. The molecular formula is C8H15NO3S. The zero-order valence-corrected chi connectivity index (χ0v) is 8.31. The molecule has 4 nitrogen and oxygen atoms in total. The molecule has 0 aromatic carbocycles. The summed E-state index contributed by atoms with van der Waals surface area (Å²) in [5.74, 6) is -0.607. The highest BCUT2D eigenvalue weighted by atomic mass is 32.2. The van der Waals surface area contributed by atoms with Crippen LogP contribution in [0.2, 0.25) is 0 Å². The lowest BCUT2D eigenvalue weighted by atomic mass is 9.95. The average molecular weight is 205 g/mol. The van der Waals surface area contributed by atoms with Crippen LogP contribution in [-0.2, 0) is 15.9 Å². The van der Waals surface area contributed by atoms with E-state index < -0.39 is 11.1 Å². The van der Waals surface area contributed by atoms with E-state index in [1.54, 1.807) is 0 Å². The molecule has 0 bridgehead atoms. The zero-order chi connectivity index (χ0) is 9.68. The molecule has 1 saturated carbocycles. The van der Waals surface area contributed by atoms with Crippen LogP contribution < -0.4 is 5.32 Å². The highest BCUT2D eigenvalue weighted by Gasteiger charge is 2.16. The Hall–Kier alpha value is -0.420. The van der Waals surface area contributed by atoms with E-state index in [1.807, 2.05) is 0 Å². The van der Waals surface area contributed by atoms with Crippen molar-refractivity contribution >= 4 is 17.0 Å². The van der Waals surface area contributed by atoms with Crippen molar-refractivity contribution in [2.75, 3.05) is 5.75 Å². The van der Waals surface area contributed by atoms with Gasteiger partial charge in [0.15, 0.2) is 11.1 Å². The Bertz CT molecular complexity index is 202. The van der Waals surface area contributed by atoms with Crippen LogP contribution in [0.5, 0.6) is 0 Å². The van der Waals surface area contributed by atoms with Crippen LogP contribution in [0, 0.1) is 0 Å². The monoisotopic (exact) mass is 205 g/mol. The molecule has 1 unspecified atom stereocenters. The molecule has 5 heteroatoms. The highest BCUT2D eigenvalue weighted by molar-refractivity contribution is 7.80. The van der Waals surface area contributed by atoms with Crippen molar-refractivity contribution in [2.45, 2.75) is 38.1 Å². The maximum atomic E-state index is 11.1. The molecule has 0 saturated heterocycles. The second kappa shape index (κ2) is 5.34. The van der Waals surface area contributed by atoms with Gasteiger partial charge in [0.1, 0.15) is 5.75 Å². The third kappa shape index (κ3) is 4.38. The van der Waals surface area contributed by atoms with Gasteiger partial charge in [-0.1, -0.05) is 19.3 Å². The minimum absolute atomic E-state index is 0.227. The molecule has 0 aromatic rings. The lowest BCUT2D eigenvalue weighted by Gasteiger charge is -2.22. The van der Waals surface area contributed by atoms with E-state index in [2.05, 4.69) is 5.32 Å². The van der Waals surface area contributed by atoms with Gasteiger partial charge in [-0.15, -0.1) is 0 Å². The van der Waals surface area contributed by atoms with E-state index in [0.717, 1.165) is 25.7 Å². The summed E-state index contributed by atoms with van der Waals surface area (Å²) < 4.78 is 18.8. The van der Waals surface area contributed by atoms with Crippen molar-refractivity contribution in [2.24, 2.45) is 0 Å². The maximum absolute atomic E-state index is 11.1. The lowest BCUT2D eigenvalue weighted by Crippen LogP contribution is -2.38. The predicted octanol–water partition coefficient (Wildman–Crippen LogP) is 0.657. The van der Waals surface area contributed by atoms with Crippen molar-refractivity contribution in [3.8, 4) is 0 Å². The van der Waals surface area contributed by atoms with Crippen LogP contribution in [0.3, 0.4) is 0 Å². The van der Waals surface area contributed by atoms with Crippen molar-refractivity contribution in [1.82, 2.24) is 5.32 Å². The largest absolute Gasteiger partial charge is 0.352 e. The maximum Gasteiger partial charge on any atom is 0.235 e. The van der Waals surface area contributed by atoms with Crippen LogP contribution in [-0.4, -0.2) is 26.5 Å². The molecule has 13 heavy (non-hydrogen) atoms. The van der Waals surface area contributed by atoms with Crippen LogP contribution in [0.25, 0.3) is 0 Å². The second-order valence-corrected chi connectivity index (χ2v) is 4.30. The number of carbonyl (C=O) groups excluding carboxylic acids is 1. The summed E-state index contributed by atoms with van der Waals surface area (Å²) in [6.45, 7) is 0. The minimum atomic E-state index is -2.01. The average Bonchev–Trinajstić information content (AvgIpc) is 2.04. The molecule has 1 amide bonds. The standard InChI is InChI=1S/C8H15NO3S/c10-8(6-13(11)12)9-7-4-2-1-3-5-7/h7H,1-6H2,(H,9,10)(H,11,12). The number of carbonyl (C=O) groups is 1. The van der Waals surface area contributed by atoms with Gasteiger partial charge in [-0.2, -0.15) is 0 Å². The summed E-state index contributed by atoms with van der Waals surface area (Å²) >= 11 is -2.01. The molecule has 1 aliphatic rings. The molecule has 1 rings (SSSR count). The van der Waals surface area contributed by atoms with Gasteiger partial charge in [0.05, 0.1) is 0 Å². The first-order chi connectivity index (χ1) is 6.18. The van der Waals surface area contributed by atoms with E-state index >= 15 is 0 Å². The van der Waals surface area contributed by atoms with Gasteiger partial charge in [-0.25, -0.2) is 4.21 Å². The van der Waals surface area contributed by atoms with E-state index in [4.69, 9.17) is 4.55 Å². The van der Waals surface area contributed by atoms with Gasteiger partial charge < -0.3 is 9.87 Å². The fourth-order valence-electron chi connectivity index (χ4n) is 1.63. The van der Waals surface area contributed by atoms with Crippen LogP contribution in [0.4, 0.5) is 0 Å². The first kappa shape index (κ1) is 10.7. The molecule has 2 N–H and O–H groups in total. The Labute approximate surface area is 80.4 Å². The van der Waals surface area contributed by atoms with Gasteiger partial charge >= 0.3 is 0 Å². The van der Waals surface area contributed by atoms with Crippen LogP contribution >= 0.6 is 0 Å². The molecule has 1 atom stereocenters. The number of hydrogen-bond donors (Lipinski definition) is 2. The van der Waals surface area contributed by atoms with Gasteiger partial charge in [-0.05, 0) is 12.8 Å². The minimum Gasteiger partial charge on any atom is -0.352 e. The predicted molar refractivity (Wildman–Crippen MR) is 50.7 cm³/mol. The smallest absolute Gasteiger partial charge is 0.235 e. The summed E-state index contributed by atoms with van der Waals surface area (Å²) in [5.41, 5.74) is 0. The van der Waals surface area contributed by atoms with E-state index in [0.29, 0.717) is 0 Å². The van der Waals surface area contributed by atoms with Crippen molar-refractivity contribution in [3.05, 3.63) is 0 Å². The normalized spacial score (nSPS) is 21.0. The quantitative estimate of drug-likeness (QED) is 0.665. The van der Waals surface area contributed by atoms with Crippen LogP contribution in [0.1, 0.15) is 32.1 Å². The molecule has 0 aliphatic heterocycles. The number of amides is 1. The third-order valence-corrected chi connectivity index (χ3v) is 2.73. The molecule has 76 valence electrons. The Morgan fingerprint density at radius 3 is 2.54 bits per heavy atom. The summed E-state index contributed by atoms with van der Waals surface area (Å²) in [6.07, 6.45) is 5.53. The van der Waals surface area contributed by atoms with E-state index in [-0.39, 0.29) is 17.7 Å². The lowest BCUT2D eigenvalue weighted by molar-refractivity contribution is -0.119. The van der Waals surface area contributed by atoms with Gasteiger partial charge in [0.2, 0.25) is 5.91 Å². The van der Waals surface area contributed by atoms with Gasteiger partial charge in [-0.3, -0.25) is 4.79 Å². The van der Waals surface area contributed by atoms with E-state index in [1.165, 1.54) is 6.42 Å². The van der Waals surface area contributed by atoms with Crippen molar-refractivity contribution < 1.29 is 13.6 Å². The van der Waals surface area contributed by atoms with Gasteiger partial charge in [0.25, 0.3) is 0 Å². The Balaban J connectivity index is 2.22. The van der Waals surface area contributed by atoms with E-state index in [9.17, 15) is 9.00 Å². The summed E-state index contributed by atoms with van der Waals surface area (Å²) in [7, 11) is 0. The number of nitrogens with one attached hydrogen (secondary N) is 1. The topological polar surface area (TPSA) is 66.4 Å². The molecule has 0 radical (unpaired) electrons. The molecule has 0 aromatic heterocycles. The summed E-state index contributed by atoms with van der Waals surface area (Å²) in [4.78, 5) is 11.1. The first-order valence-electron chi connectivity index (χ1n) is 4.55. The fraction of sp³-hybridized carbons (Fsp3) is 0.875. The summed E-state index contributed by atoms with van der Waals surface area (Å²) in [5, 5.41) is 2.76. The molecule has 1 fully saturated rings. The number of rotatable bonds is 3. The van der Waals surface area contributed by atoms with Crippen molar-refractivity contribution in [3.63, 3.8) is 0 Å².